The van der Waals surface area contributed by atoms with Crippen LogP contribution in [0.3, 0.4) is 0 Å². The lowest BCUT2D eigenvalue weighted by Gasteiger charge is -2.28. The van der Waals surface area contributed by atoms with Gasteiger partial charge in [-0.25, -0.2) is 12.7 Å². The molecule has 19 heavy (non-hydrogen) atoms. The molecular weight excluding hydrogens is 260 g/mol. The highest BCUT2D eigenvalue weighted by molar-refractivity contribution is 7.89. The first-order valence-corrected chi connectivity index (χ1v) is 8.91. The van der Waals surface area contributed by atoms with Crippen molar-refractivity contribution in [3.05, 3.63) is 0 Å². The second-order valence-corrected chi connectivity index (χ2v) is 8.52. The number of hydrogen-bond donors (Lipinski definition) is 1. The zero-order chi connectivity index (χ0) is 15.1. The van der Waals surface area contributed by atoms with Crippen molar-refractivity contribution in [3.63, 3.8) is 0 Å². The SMILES string of the molecule is CCCNCC(C)S(=O)(=O)N(CC(C)C)CC(C)C. The van der Waals surface area contributed by atoms with Crippen molar-refractivity contribution in [1.29, 1.82) is 0 Å². The molecule has 1 atom stereocenters. The largest absolute Gasteiger partial charge is 0.315 e. The summed E-state index contributed by atoms with van der Waals surface area (Å²) in [6.45, 7) is 14.7. The average Bonchev–Trinajstić information content (AvgIpc) is 2.27. The third-order valence-electron chi connectivity index (χ3n) is 2.86. The Kier molecular flexibility index (Phi) is 8.86. The maximum Gasteiger partial charge on any atom is 0.217 e. The summed E-state index contributed by atoms with van der Waals surface area (Å²) < 4.78 is 26.8. The van der Waals surface area contributed by atoms with E-state index >= 15 is 0 Å². The summed E-state index contributed by atoms with van der Waals surface area (Å²) in [5.74, 6) is 0.702. The zero-order valence-corrected chi connectivity index (χ0v) is 14.3. The molecule has 4 nitrogen and oxygen atoms in total. The van der Waals surface area contributed by atoms with Gasteiger partial charge in [0.15, 0.2) is 0 Å². The van der Waals surface area contributed by atoms with E-state index in [0.29, 0.717) is 31.5 Å². The van der Waals surface area contributed by atoms with Crippen LogP contribution in [0.15, 0.2) is 0 Å². The van der Waals surface area contributed by atoms with Gasteiger partial charge in [-0.05, 0) is 31.7 Å². The van der Waals surface area contributed by atoms with Crippen molar-refractivity contribution >= 4 is 10.0 Å². The van der Waals surface area contributed by atoms with Crippen LogP contribution in [-0.4, -0.2) is 44.2 Å². The van der Waals surface area contributed by atoms with Gasteiger partial charge < -0.3 is 5.32 Å². The molecule has 0 aliphatic rings. The second kappa shape index (κ2) is 8.93. The predicted octanol–water partition coefficient (Wildman–Crippen LogP) is 2.32. The lowest BCUT2D eigenvalue weighted by Crippen LogP contribution is -2.45. The van der Waals surface area contributed by atoms with Crippen LogP contribution < -0.4 is 5.32 Å². The monoisotopic (exact) mass is 292 g/mol. The topological polar surface area (TPSA) is 49.4 Å². The molecule has 0 bridgehead atoms. The van der Waals surface area contributed by atoms with E-state index in [1.807, 2.05) is 0 Å². The Hall–Kier alpha value is -0.130. The number of rotatable bonds is 10. The maximum atomic E-state index is 12.6. The Morgan fingerprint density at radius 3 is 1.84 bits per heavy atom. The zero-order valence-electron chi connectivity index (χ0n) is 13.4. The lowest BCUT2D eigenvalue weighted by atomic mass is 10.2. The fraction of sp³-hybridized carbons (Fsp3) is 1.00. The first-order valence-electron chi connectivity index (χ1n) is 7.41. The molecule has 0 aliphatic carbocycles. The Balaban J connectivity index is 4.75. The molecule has 5 heteroatoms. The summed E-state index contributed by atoms with van der Waals surface area (Å²) in [5, 5.41) is 2.83. The minimum atomic E-state index is -3.20. The van der Waals surface area contributed by atoms with Gasteiger partial charge in [0.05, 0.1) is 5.25 Å². The molecule has 0 aromatic heterocycles. The molecule has 116 valence electrons. The van der Waals surface area contributed by atoms with Gasteiger partial charge in [0.25, 0.3) is 0 Å². The molecule has 0 aromatic carbocycles. The first-order chi connectivity index (χ1) is 8.71. The Morgan fingerprint density at radius 2 is 1.47 bits per heavy atom. The first kappa shape index (κ1) is 18.9. The quantitative estimate of drug-likeness (QED) is 0.629. The molecule has 0 aliphatic heterocycles. The van der Waals surface area contributed by atoms with Crippen molar-refractivity contribution in [2.24, 2.45) is 11.8 Å². The highest BCUT2D eigenvalue weighted by Crippen LogP contribution is 2.14. The smallest absolute Gasteiger partial charge is 0.217 e. The van der Waals surface area contributed by atoms with Crippen LogP contribution in [0, 0.1) is 11.8 Å². The summed E-state index contributed by atoms with van der Waals surface area (Å²) >= 11 is 0. The Labute approximate surface area is 120 Å². The van der Waals surface area contributed by atoms with Crippen molar-refractivity contribution < 1.29 is 8.42 Å². The van der Waals surface area contributed by atoms with E-state index in [2.05, 4.69) is 39.9 Å². The van der Waals surface area contributed by atoms with E-state index in [4.69, 9.17) is 0 Å². The van der Waals surface area contributed by atoms with E-state index in [-0.39, 0.29) is 5.25 Å². The number of nitrogens with one attached hydrogen (secondary N) is 1. The van der Waals surface area contributed by atoms with Crippen LogP contribution in [0.25, 0.3) is 0 Å². The highest BCUT2D eigenvalue weighted by Gasteiger charge is 2.29. The van der Waals surface area contributed by atoms with Gasteiger partial charge in [-0.2, -0.15) is 0 Å². The van der Waals surface area contributed by atoms with E-state index < -0.39 is 10.0 Å². The summed E-state index contributed by atoms with van der Waals surface area (Å²) in [5.41, 5.74) is 0. The lowest BCUT2D eigenvalue weighted by molar-refractivity contribution is 0.329. The van der Waals surface area contributed by atoms with Gasteiger partial charge in [-0.1, -0.05) is 34.6 Å². The molecule has 0 heterocycles. The second-order valence-electron chi connectivity index (χ2n) is 6.16. The van der Waals surface area contributed by atoms with E-state index in [9.17, 15) is 8.42 Å². The van der Waals surface area contributed by atoms with E-state index in [1.165, 1.54) is 0 Å². The van der Waals surface area contributed by atoms with Crippen molar-refractivity contribution in [2.45, 2.75) is 53.2 Å². The fourth-order valence-electron chi connectivity index (χ4n) is 1.94. The fourth-order valence-corrected chi connectivity index (χ4v) is 3.79. The van der Waals surface area contributed by atoms with Crippen molar-refractivity contribution in [2.75, 3.05) is 26.2 Å². The molecule has 0 spiro atoms. The van der Waals surface area contributed by atoms with Crippen molar-refractivity contribution in [3.8, 4) is 0 Å². The predicted molar refractivity (Wildman–Crippen MR) is 82.8 cm³/mol. The molecule has 0 rings (SSSR count). The molecule has 1 unspecified atom stereocenters. The number of hydrogen-bond acceptors (Lipinski definition) is 3. The van der Waals surface area contributed by atoms with Gasteiger partial charge >= 0.3 is 0 Å². The maximum absolute atomic E-state index is 12.6. The third kappa shape index (κ3) is 7.28. The summed E-state index contributed by atoms with van der Waals surface area (Å²) in [6, 6.07) is 0. The molecule has 0 amide bonds. The molecule has 0 saturated carbocycles. The normalized spacial score (nSPS) is 14.6. The van der Waals surface area contributed by atoms with Gasteiger partial charge in [0.1, 0.15) is 0 Å². The average molecular weight is 292 g/mol. The van der Waals surface area contributed by atoms with Crippen LogP contribution in [0.5, 0.6) is 0 Å². The van der Waals surface area contributed by atoms with E-state index in [1.54, 1.807) is 11.2 Å². The molecule has 0 aromatic rings. The minimum absolute atomic E-state index is 0.351. The molecule has 1 N–H and O–H groups in total. The van der Waals surface area contributed by atoms with Crippen molar-refractivity contribution in [1.82, 2.24) is 9.62 Å². The van der Waals surface area contributed by atoms with Crippen LogP contribution in [0.1, 0.15) is 48.0 Å². The van der Waals surface area contributed by atoms with Crippen LogP contribution >= 0.6 is 0 Å². The van der Waals surface area contributed by atoms with Gasteiger partial charge in [0.2, 0.25) is 10.0 Å². The van der Waals surface area contributed by atoms with E-state index in [0.717, 1.165) is 13.0 Å². The summed E-state index contributed by atoms with van der Waals surface area (Å²) in [6.07, 6.45) is 1.02. The standard InChI is InChI=1S/C14H32N2O2S/c1-7-8-15-9-14(6)19(17,18)16(10-12(2)3)11-13(4)5/h12-15H,7-11H2,1-6H3. The minimum Gasteiger partial charge on any atom is -0.315 e. The van der Waals surface area contributed by atoms with Crippen LogP contribution in [0.2, 0.25) is 0 Å². The molecular formula is C14H32N2O2S. The summed E-state index contributed by atoms with van der Waals surface area (Å²) in [7, 11) is -3.20. The Bertz CT molecular complexity index is 316. The van der Waals surface area contributed by atoms with Gasteiger partial charge in [-0.3, -0.25) is 0 Å². The molecule has 0 fully saturated rings. The van der Waals surface area contributed by atoms with Crippen LogP contribution in [-0.2, 0) is 10.0 Å². The van der Waals surface area contributed by atoms with Crippen LogP contribution in [0.4, 0.5) is 0 Å². The summed E-state index contributed by atoms with van der Waals surface area (Å²) in [4.78, 5) is 0. The molecule has 0 saturated heterocycles. The number of sulfonamides is 1. The number of nitrogens with zero attached hydrogens (tertiary/aromatic N) is 1. The third-order valence-corrected chi connectivity index (χ3v) is 5.07. The Morgan fingerprint density at radius 1 is 1.00 bits per heavy atom. The van der Waals surface area contributed by atoms with Gasteiger partial charge in [-0.15, -0.1) is 0 Å². The highest BCUT2D eigenvalue weighted by atomic mass is 32.2. The molecule has 0 radical (unpaired) electrons. The van der Waals surface area contributed by atoms with Gasteiger partial charge in [0, 0.05) is 19.6 Å².